The first-order chi connectivity index (χ1) is 12.5. The average Bonchev–Trinajstić information content (AvgIpc) is 3.01. The molecule has 5 nitrogen and oxygen atoms in total. The van der Waals surface area contributed by atoms with Crippen molar-refractivity contribution in [1.29, 1.82) is 0 Å². The second-order valence-electron chi connectivity index (χ2n) is 7.16. The Morgan fingerprint density at radius 1 is 1.00 bits per heavy atom. The highest BCUT2D eigenvalue weighted by Crippen LogP contribution is 2.18. The first kappa shape index (κ1) is 18.2. The highest BCUT2D eigenvalue weighted by atomic mass is 16.2. The van der Waals surface area contributed by atoms with Crippen LogP contribution in [0.3, 0.4) is 0 Å². The summed E-state index contributed by atoms with van der Waals surface area (Å²) in [5.41, 5.74) is 5.31. The topological polar surface area (TPSA) is 56.4 Å². The van der Waals surface area contributed by atoms with Crippen molar-refractivity contribution >= 4 is 11.8 Å². The second-order valence-corrected chi connectivity index (χ2v) is 7.16. The predicted octanol–water partition coefficient (Wildman–Crippen LogP) is 2.86. The van der Waals surface area contributed by atoms with Gasteiger partial charge in [0.15, 0.2) is 0 Å². The zero-order chi connectivity index (χ0) is 18.7. The van der Waals surface area contributed by atoms with Crippen LogP contribution in [0.1, 0.15) is 39.2 Å². The maximum absolute atomic E-state index is 12.8. The van der Waals surface area contributed by atoms with Crippen LogP contribution in [-0.2, 0) is 11.2 Å². The molecule has 1 saturated heterocycles. The van der Waals surface area contributed by atoms with Crippen LogP contribution >= 0.6 is 0 Å². The minimum atomic E-state index is 0.00882. The van der Waals surface area contributed by atoms with Crippen molar-refractivity contribution in [3.05, 3.63) is 58.4 Å². The van der Waals surface area contributed by atoms with Crippen LogP contribution in [-0.4, -0.2) is 52.8 Å². The molecule has 5 heteroatoms. The monoisotopic (exact) mass is 353 g/mol. The van der Waals surface area contributed by atoms with Crippen LogP contribution < -0.4 is 0 Å². The number of carbonyl (C=O) groups excluding carboxylic acids is 2. The molecule has 138 valence electrons. The van der Waals surface area contributed by atoms with Gasteiger partial charge in [0.1, 0.15) is 5.69 Å². The minimum absolute atomic E-state index is 0.00882. The number of benzene rings is 1. The fraction of sp³-hybridized carbons (Fsp3) is 0.429. The van der Waals surface area contributed by atoms with Gasteiger partial charge in [-0.25, -0.2) is 0 Å². The Hall–Kier alpha value is -2.56. The number of hydrogen-bond acceptors (Lipinski definition) is 2. The summed E-state index contributed by atoms with van der Waals surface area (Å²) in [5.74, 6) is 0.156. The van der Waals surface area contributed by atoms with E-state index in [2.05, 4.69) is 37.9 Å². The Labute approximate surface area is 155 Å². The summed E-state index contributed by atoms with van der Waals surface area (Å²) in [6.45, 7) is 8.78. The third kappa shape index (κ3) is 3.98. The van der Waals surface area contributed by atoms with Crippen molar-refractivity contribution in [2.45, 2.75) is 33.6 Å². The Kier molecular flexibility index (Phi) is 5.45. The third-order valence-electron chi connectivity index (χ3n) is 5.13. The van der Waals surface area contributed by atoms with Gasteiger partial charge in [-0.2, -0.15) is 0 Å². The van der Waals surface area contributed by atoms with E-state index in [1.807, 2.05) is 15.9 Å². The van der Waals surface area contributed by atoms with E-state index in [1.165, 1.54) is 16.7 Å². The van der Waals surface area contributed by atoms with Crippen molar-refractivity contribution < 1.29 is 9.59 Å². The Morgan fingerprint density at radius 2 is 1.65 bits per heavy atom. The van der Waals surface area contributed by atoms with E-state index in [-0.39, 0.29) is 11.8 Å². The summed E-state index contributed by atoms with van der Waals surface area (Å²) in [4.78, 5) is 32.0. The number of H-pyrrole nitrogens is 1. The van der Waals surface area contributed by atoms with Crippen LogP contribution in [0.4, 0.5) is 0 Å². The van der Waals surface area contributed by atoms with Crippen LogP contribution in [0.15, 0.2) is 30.5 Å². The lowest BCUT2D eigenvalue weighted by atomic mass is 9.97. The van der Waals surface area contributed by atoms with Crippen molar-refractivity contribution in [2.24, 2.45) is 0 Å². The summed E-state index contributed by atoms with van der Waals surface area (Å²) >= 11 is 0. The molecule has 1 aliphatic heterocycles. The zero-order valence-electron chi connectivity index (χ0n) is 15.8. The van der Waals surface area contributed by atoms with Crippen molar-refractivity contribution in [1.82, 2.24) is 14.8 Å². The highest BCUT2D eigenvalue weighted by molar-refractivity contribution is 5.92. The number of aromatic amines is 1. The largest absolute Gasteiger partial charge is 0.357 e. The van der Waals surface area contributed by atoms with Gasteiger partial charge in [0.25, 0.3) is 5.91 Å². The van der Waals surface area contributed by atoms with Crippen LogP contribution in [0.5, 0.6) is 0 Å². The molecular formula is C21H27N3O2. The molecule has 0 spiro atoms. The number of amides is 2. The average molecular weight is 353 g/mol. The van der Waals surface area contributed by atoms with Gasteiger partial charge in [-0.1, -0.05) is 17.7 Å². The number of hydrogen-bond donors (Lipinski definition) is 1. The van der Waals surface area contributed by atoms with Gasteiger partial charge >= 0.3 is 0 Å². The van der Waals surface area contributed by atoms with Crippen molar-refractivity contribution in [2.75, 3.05) is 26.2 Å². The van der Waals surface area contributed by atoms with Gasteiger partial charge in [0, 0.05) is 32.4 Å². The number of rotatable bonds is 3. The van der Waals surface area contributed by atoms with Crippen molar-refractivity contribution in [3.63, 3.8) is 0 Å². The molecule has 1 aliphatic rings. The molecule has 1 fully saturated rings. The van der Waals surface area contributed by atoms with E-state index in [0.717, 1.165) is 12.0 Å². The van der Waals surface area contributed by atoms with E-state index < -0.39 is 0 Å². The lowest BCUT2D eigenvalue weighted by Crippen LogP contribution is -2.38. The fourth-order valence-electron chi connectivity index (χ4n) is 3.76. The van der Waals surface area contributed by atoms with E-state index in [9.17, 15) is 9.59 Å². The van der Waals surface area contributed by atoms with Gasteiger partial charge < -0.3 is 14.8 Å². The molecule has 2 heterocycles. The predicted molar refractivity (Wildman–Crippen MR) is 102 cm³/mol. The van der Waals surface area contributed by atoms with Gasteiger partial charge in [0.05, 0.1) is 6.42 Å². The van der Waals surface area contributed by atoms with Gasteiger partial charge in [-0.15, -0.1) is 0 Å². The Balaban J connectivity index is 1.64. The number of nitrogens with one attached hydrogen (secondary N) is 1. The van der Waals surface area contributed by atoms with E-state index in [4.69, 9.17) is 0 Å². The van der Waals surface area contributed by atoms with E-state index in [0.29, 0.717) is 38.3 Å². The maximum atomic E-state index is 12.8. The zero-order valence-corrected chi connectivity index (χ0v) is 15.8. The highest BCUT2D eigenvalue weighted by Gasteiger charge is 2.23. The molecular weight excluding hydrogens is 326 g/mol. The normalized spacial score (nSPS) is 15.0. The van der Waals surface area contributed by atoms with Gasteiger partial charge in [-0.05, 0) is 56.0 Å². The molecule has 1 aromatic carbocycles. The number of aryl methyl sites for hydroxylation is 3. The smallest absolute Gasteiger partial charge is 0.270 e. The second kappa shape index (κ2) is 7.77. The number of nitrogens with zero attached hydrogens (tertiary/aromatic N) is 2. The van der Waals surface area contributed by atoms with E-state index in [1.54, 1.807) is 12.3 Å². The molecule has 2 amide bonds. The quantitative estimate of drug-likeness (QED) is 0.922. The molecule has 0 aliphatic carbocycles. The summed E-state index contributed by atoms with van der Waals surface area (Å²) in [6.07, 6.45) is 3.00. The van der Waals surface area contributed by atoms with Crippen LogP contribution in [0.25, 0.3) is 0 Å². The van der Waals surface area contributed by atoms with Crippen molar-refractivity contribution in [3.8, 4) is 0 Å². The van der Waals surface area contributed by atoms with Gasteiger partial charge in [0.2, 0.25) is 5.91 Å². The summed E-state index contributed by atoms with van der Waals surface area (Å²) < 4.78 is 0. The summed E-state index contributed by atoms with van der Waals surface area (Å²) in [6, 6.07) is 7.88. The standard InChI is InChI=1S/C21H27N3O2/c1-15-12-16(2)18(17(3)13-15)14-20(25)23-8-5-9-24(11-10-23)21(26)19-6-4-7-22-19/h4,6-7,12-13,22H,5,8-11,14H2,1-3H3. The molecule has 0 saturated carbocycles. The van der Waals surface area contributed by atoms with Crippen LogP contribution in [0, 0.1) is 20.8 Å². The molecule has 0 atom stereocenters. The summed E-state index contributed by atoms with van der Waals surface area (Å²) in [7, 11) is 0. The first-order valence-electron chi connectivity index (χ1n) is 9.23. The fourth-order valence-corrected chi connectivity index (χ4v) is 3.76. The number of aromatic nitrogens is 1. The maximum Gasteiger partial charge on any atom is 0.270 e. The molecule has 0 unspecified atom stereocenters. The SMILES string of the molecule is Cc1cc(C)c(CC(=O)N2CCCN(C(=O)c3ccc[nH]3)CC2)c(C)c1. The lowest BCUT2D eigenvalue weighted by Gasteiger charge is -2.23. The minimum Gasteiger partial charge on any atom is -0.357 e. The summed E-state index contributed by atoms with van der Waals surface area (Å²) in [5, 5.41) is 0. The molecule has 1 N–H and O–H groups in total. The van der Waals surface area contributed by atoms with E-state index >= 15 is 0 Å². The first-order valence-corrected chi connectivity index (χ1v) is 9.23. The molecule has 3 rings (SSSR count). The number of carbonyl (C=O) groups is 2. The molecule has 2 aromatic rings. The third-order valence-corrected chi connectivity index (χ3v) is 5.13. The Morgan fingerprint density at radius 3 is 2.31 bits per heavy atom. The van der Waals surface area contributed by atoms with Crippen LogP contribution in [0.2, 0.25) is 0 Å². The van der Waals surface area contributed by atoms with Gasteiger partial charge in [-0.3, -0.25) is 9.59 Å². The molecule has 0 radical (unpaired) electrons. The molecule has 1 aromatic heterocycles. The molecule has 0 bridgehead atoms. The molecule has 26 heavy (non-hydrogen) atoms. The Bertz CT molecular complexity index is 773. The lowest BCUT2D eigenvalue weighted by molar-refractivity contribution is -0.130.